The van der Waals surface area contributed by atoms with E-state index in [1.807, 2.05) is 36.4 Å². The van der Waals surface area contributed by atoms with Gasteiger partial charge in [0.2, 0.25) is 0 Å². The minimum atomic E-state index is -0.345. The molecule has 27 heavy (non-hydrogen) atoms. The molecule has 8 heteroatoms. The quantitative estimate of drug-likeness (QED) is 0.524. The monoisotopic (exact) mass is 426 g/mol. The number of nitrogens with zero attached hydrogens (tertiary/aromatic N) is 2. The fraction of sp³-hybridized carbons (Fsp3) is 0.105. The molecule has 2 heterocycles. The number of aromatic nitrogens is 3. The molecule has 2 aromatic carbocycles. The molecule has 4 aromatic rings. The molecule has 0 bridgehead atoms. The molecule has 0 unspecified atom stereocenters. The first-order valence-electron chi connectivity index (χ1n) is 8.17. The Morgan fingerprint density at radius 2 is 2.00 bits per heavy atom. The number of rotatable bonds is 4. The van der Waals surface area contributed by atoms with Gasteiger partial charge in [0.05, 0.1) is 18.2 Å². The first-order chi connectivity index (χ1) is 13.1. The van der Waals surface area contributed by atoms with Crippen LogP contribution in [0.15, 0.2) is 57.8 Å². The highest BCUT2D eigenvalue weighted by atomic mass is 79.9. The maximum absolute atomic E-state index is 12.8. The van der Waals surface area contributed by atoms with Crippen molar-refractivity contribution in [3.05, 3.63) is 74.6 Å². The Kier molecular flexibility index (Phi) is 4.41. The number of amides is 1. The van der Waals surface area contributed by atoms with Crippen LogP contribution in [0.2, 0.25) is 0 Å². The number of pyridine rings is 1. The number of hydrogen-bond acceptors (Lipinski definition) is 4. The number of aromatic amines is 1. The Morgan fingerprint density at radius 1 is 1.22 bits per heavy atom. The highest BCUT2D eigenvalue weighted by molar-refractivity contribution is 9.10. The summed E-state index contributed by atoms with van der Waals surface area (Å²) in [4.78, 5) is 24.9. The summed E-state index contributed by atoms with van der Waals surface area (Å²) in [6.07, 6.45) is 0. The van der Waals surface area contributed by atoms with Crippen molar-refractivity contribution in [3.8, 4) is 5.75 Å². The van der Waals surface area contributed by atoms with E-state index >= 15 is 0 Å². The summed E-state index contributed by atoms with van der Waals surface area (Å²) in [5.41, 5.74) is 2.06. The number of methoxy groups -OCH3 is 1. The van der Waals surface area contributed by atoms with Crippen LogP contribution in [0.5, 0.6) is 5.75 Å². The topological polar surface area (TPSA) is 88.5 Å². The van der Waals surface area contributed by atoms with Gasteiger partial charge in [-0.25, -0.2) is 14.3 Å². The van der Waals surface area contributed by atoms with Gasteiger partial charge in [-0.05, 0) is 42.0 Å². The van der Waals surface area contributed by atoms with Gasteiger partial charge < -0.3 is 10.1 Å². The van der Waals surface area contributed by atoms with E-state index in [1.54, 1.807) is 19.2 Å². The predicted molar refractivity (Wildman–Crippen MR) is 105 cm³/mol. The SMILES string of the molecule is COc1ccc(CNC(=O)c2cc3n[nH]c(=O)n3c3ccc(Br)cc23)cc1. The fourth-order valence-electron chi connectivity index (χ4n) is 2.97. The molecular weight excluding hydrogens is 412 g/mol. The molecule has 2 aromatic heterocycles. The van der Waals surface area contributed by atoms with Crippen LogP contribution >= 0.6 is 15.9 Å². The molecule has 1 amide bonds. The van der Waals surface area contributed by atoms with Gasteiger partial charge >= 0.3 is 5.69 Å². The second kappa shape index (κ2) is 6.88. The normalized spacial score (nSPS) is 11.0. The van der Waals surface area contributed by atoms with Crippen molar-refractivity contribution in [2.75, 3.05) is 7.11 Å². The first-order valence-corrected chi connectivity index (χ1v) is 8.96. The zero-order valence-corrected chi connectivity index (χ0v) is 15.9. The zero-order valence-electron chi connectivity index (χ0n) is 14.3. The van der Waals surface area contributed by atoms with Crippen LogP contribution < -0.4 is 15.7 Å². The Morgan fingerprint density at radius 3 is 2.74 bits per heavy atom. The Balaban J connectivity index is 1.71. The molecule has 7 nitrogen and oxygen atoms in total. The third-order valence-electron chi connectivity index (χ3n) is 4.32. The lowest BCUT2D eigenvalue weighted by Gasteiger charge is -2.10. The van der Waals surface area contributed by atoms with Crippen molar-refractivity contribution in [1.29, 1.82) is 0 Å². The van der Waals surface area contributed by atoms with E-state index in [4.69, 9.17) is 4.74 Å². The van der Waals surface area contributed by atoms with E-state index < -0.39 is 0 Å². The largest absolute Gasteiger partial charge is 0.497 e. The summed E-state index contributed by atoms with van der Waals surface area (Å²) in [7, 11) is 1.61. The van der Waals surface area contributed by atoms with Gasteiger partial charge in [-0.2, -0.15) is 5.10 Å². The van der Waals surface area contributed by atoms with Crippen LogP contribution in [-0.4, -0.2) is 27.6 Å². The van der Waals surface area contributed by atoms with Crippen molar-refractivity contribution in [3.63, 3.8) is 0 Å². The lowest BCUT2D eigenvalue weighted by molar-refractivity contribution is 0.0952. The van der Waals surface area contributed by atoms with Crippen molar-refractivity contribution in [2.45, 2.75) is 6.54 Å². The molecule has 0 fully saturated rings. The van der Waals surface area contributed by atoms with Crippen LogP contribution in [0.4, 0.5) is 0 Å². The third kappa shape index (κ3) is 3.19. The standard InChI is InChI=1S/C19H15BrN4O3/c1-27-13-5-2-11(3-6-13)10-21-18(25)15-9-17-22-23-19(26)24(17)16-7-4-12(20)8-14(15)16/h2-9H,10H2,1H3,(H,21,25)(H,23,26). The first kappa shape index (κ1) is 17.3. The van der Waals surface area contributed by atoms with E-state index in [0.717, 1.165) is 15.8 Å². The van der Waals surface area contributed by atoms with Gasteiger partial charge in [-0.3, -0.25) is 4.79 Å². The maximum atomic E-state index is 12.8. The number of hydrogen-bond donors (Lipinski definition) is 2. The lowest BCUT2D eigenvalue weighted by atomic mass is 10.1. The highest BCUT2D eigenvalue weighted by Crippen LogP contribution is 2.24. The average Bonchev–Trinajstić information content (AvgIpc) is 3.06. The van der Waals surface area contributed by atoms with E-state index in [0.29, 0.717) is 28.7 Å². The molecule has 4 rings (SSSR count). The molecule has 0 aliphatic rings. The van der Waals surface area contributed by atoms with Gasteiger partial charge in [-0.1, -0.05) is 28.1 Å². The van der Waals surface area contributed by atoms with E-state index in [-0.39, 0.29) is 11.6 Å². The summed E-state index contributed by atoms with van der Waals surface area (Å²) in [6, 6.07) is 14.5. The fourth-order valence-corrected chi connectivity index (χ4v) is 3.33. The predicted octanol–water partition coefficient (Wildman–Crippen LogP) is 2.88. The summed E-state index contributed by atoms with van der Waals surface area (Å²) >= 11 is 3.42. The third-order valence-corrected chi connectivity index (χ3v) is 4.81. The van der Waals surface area contributed by atoms with Crippen molar-refractivity contribution in [2.24, 2.45) is 0 Å². The Hall–Kier alpha value is -3.13. The summed E-state index contributed by atoms with van der Waals surface area (Å²) in [6.45, 7) is 0.372. The van der Waals surface area contributed by atoms with Gasteiger partial charge in [0.25, 0.3) is 5.91 Å². The van der Waals surface area contributed by atoms with Gasteiger partial charge in [0, 0.05) is 16.4 Å². The molecule has 0 saturated carbocycles. The van der Waals surface area contributed by atoms with Crippen LogP contribution in [0.3, 0.4) is 0 Å². The van der Waals surface area contributed by atoms with Gasteiger partial charge in [0.15, 0.2) is 5.65 Å². The summed E-state index contributed by atoms with van der Waals surface area (Å²) < 4.78 is 7.40. The lowest BCUT2D eigenvalue weighted by Crippen LogP contribution is -2.23. The van der Waals surface area contributed by atoms with Gasteiger partial charge in [0.1, 0.15) is 5.75 Å². The molecule has 0 aliphatic carbocycles. The average molecular weight is 427 g/mol. The maximum Gasteiger partial charge on any atom is 0.348 e. The molecule has 0 radical (unpaired) electrons. The number of carbonyl (C=O) groups is 1. The second-order valence-corrected chi connectivity index (χ2v) is 6.89. The van der Waals surface area contributed by atoms with Crippen molar-refractivity contribution < 1.29 is 9.53 Å². The Bertz CT molecular complexity index is 1210. The molecule has 0 aliphatic heterocycles. The minimum absolute atomic E-state index is 0.244. The number of H-pyrrole nitrogens is 1. The van der Waals surface area contributed by atoms with Gasteiger partial charge in [-0.15, -0.1) is 0 Å². The molecule has 0 atom stereocenters. The number of ether oxygens (including phenoxy) is 1. The number of carbonyl (C=O) groups excluding carboxylic acids is 1. The molecule has 2 N–H and O–H groups in total. The minimum Gasteiger partial charge on any atom is -0.497 e. The van der Waals surface area contributed by atoms with E-state index in [1.165, 1.54) is 4.40 Å². The van der Waals surface area contributed by atoms with Crippen LogP contribution in [0, 0.1) is 0 Å². The summed E-state index contributed by atoms with van der Waals surface area (Å²) in [5.74, 6) is 0.516. The molecule has 136 valence electrons. The van der Waals surface area contributed by atoms with Crippen molar-refractivity contribution in [1.82, 2.24) is 19.9 Å². The van der Waals surface area contributed by atoms with Crippen molar-refractivity contribution >= 4 is 38.4 Å². The number of nitrogens with one attached hydrogen (secondary N) is 2. The Labute approximate surface area is 162 Å². The smallest absolute Gasteiger partial charge is 0.348 e. The van der Waals surface area contributed by atoms with Crippen LogP contribution in [0.25, 0.3) is 16.6 Å². The van der Waals surface area contributed by atoms with Crippen LogP contribution in [0.1, 0.15) is 15.9 Å². The van der Waals surface area contributed by atoms with E-state index in [2.05, 4.69) is 31.4 Å². The molecule has 0 spiro atoms. The highest BCUT2D eigenvalue weighted by Gasteiger charge is 2.16. The number of halogens is 1. The number of fused-ring (bicyclic) bond motifs is 3. The second-order valence-electron chi connectivity index (χ2n) is 5.97. The summed E-state index contributed by atoms with van der Waals surface area (Å²) in [5, 5.41) is 9.99. The molecule has 0 saturated heterocycles. The number of benzene rings is 2. The zero-order chi connectivity index (χ0) is 19.0. The van der Waals surface area contributed by atoms with E-state index in [9.17, 15) is 9.59 Å². The molecular formula is C19H15BrN4O3. The van der Waals surface area contributed by atoms with Crippen LogP contribution in [-0.2, 0) is 6.54 Å².